The van der Waals surface area contributed by atoms with Gasteiger partial charge in [0.25, 0.3) is 0 Å². The van der Waals surface area contributed by atoms with Gasteiger partial charge in [0, 0.05) is 36.0 Å². The van der Waals surface area contributed by atoms with Crippen LogP contribution < -0.4 is 14.8 Å². The highest BCUT2D eigenvalue weighted by molar-refractivity contribution is 5.89. The molecule has 2 amide bonds. The monoisotopic (exact) mass is 402 g/mol. The number of carbonyl (C=O) groups is 1. The van der Waals surface area contributed by atoms with Crippen LogP contribution in [0.1, 0.15) is 23.7 Å². The van der Waals surface area contributed by atoms with Crippen molar-refractivity contribution in [3.05, 3.63) is 65.5 Å². The molecule has 0 spiro atoms. The number of urea groups is 1. The summed E-state index contributed by atoms with van der Waals surface area (Å²) in [6.45, 7) is 3.45. The van der Waals surface area contributed by atoms with Gasteiger partial charge < -0.3 is 19.7 Å². The summed E-state index contributed by atoms with van der Waals surface area (Å²) in [5, 5.41) is 3.00. The number of nitrogens with zero attached hydrogens (tertiary/aromatic N) is 3. The molecular formula is C23H22N4O3. The first-order valence-corrected chi connectivity index (χ1v) is 10.1. The molecule has 5 rings (SSSR count). The first kappa shape index (κ1) is 18.4. The van der Waals surface area contributed by atoms with Crippen LogP contribution in [0.3, 0.4) is 0 Å². The standard InChI is InChI=1S/C23H22N4O3/c1-2-15-4-3-5-18(10-15)25-23(28)27-9-8-19-17(13-27)12-24-22(26-19)16-6-7-20-21(11-16)30-14-29-20/h3-7,10-12H,2,8-9,13-14H2,1H3,(H,25,28). The summed E-state index contributed by atoms with van der Waals surface area (Å²) in [5.41, 5.74) is 4.86. The van der Waals surface area contributed by atoms with Gasteiger partial charge in [-0.15, -0.1) is 0 Å². The van der Waals surface area contributed by atoms with Gasteiger partial charge in [-0.1, -0.05) is 19.1 Å². The molecule has 7 heteroatoms. The van der Waals surface area contributed by atoms with Crippen molar-refractivity contribution in [1.82, 2.24) is 14.9 Å². The van der Waals surface area contributed by atoms with E-state index in [9.17, 15) is 4.79 Å². The molecule has 0 unspecified atom stereocenters. The first-order valence-electron chi connectivity index (χ1n) is 10.1. The van der Waals surface area contributed by atoms with E-state index >= 15 is 0 Å². The fourth-order valence-electron chi connectivity index (χ4n) is 3.74. The third kappa shape index (κ3) is 3.54. The van der Waals surface area contributed by atoms with Crippen molar-refractivity contribution in [3.63, 3.8) is 0 Å². The summed E-state index contributed by atoms with van der Waals surface area (Å²) in [6, 6.07) is 13.5. The highest BCUT2D eigenvalue weighted by Crippen LogP contribution is 2.35. The Morgan fingerprint density at radius 1 is 1.17 bits per heavy atom. The topological polar surface area (TPSA) is 76.6 Å². The molecule has 0 atom stereocenters. The molecule has 7 nitrogen and oxygen atoms in total. The zero-order valence-corrected chi connectivity index (χ0v) is 16.7. The summed E-state index contributed by atoms with van der Waals surface area (Å²) >= 11 is 0. The lowest BCUT2D eigenvalue weighted by atomic mass is 10.1. The number of carbonyl (C=O) groups excluding carboxylic acids is 1. The first-order chi connectivity index (χ1) is 14.7. The van der Waals surface area contributed by atoms with E-state index in [2.05, 4.69) is 23.3 Å². The minimum atomic E-state index is -0.103. The highest BCUT2D eigenvalue weighted by Gasteiger charge is 2.23. The van der Waals surface area contributed by atoms with Gasteiger partial charge in [-0.2, -0.15) is 0 Å². The number of rotatable bonds is 3. The van der Waals surface area contributed by atoms with Gasteiger partial charge in [0.15, 0.2) is 17.3 Å². The maximum atomic E-state index is 12.7. The molecule has 1 N–H and O–H groups in total. The predicted molar refractivity (Wildman–Crippen MR) is 113 cm³/mol. The molecule has 0 bridgehead atoms. The molecule has 2 aliphatic rings. The van der Waals surface area contributed by atoms with E-state index in [1.54, 1.807) is 4.90 Å². The number of ether oxygens (including phenoxy) is 2. The number of fused-ring (bicyclic) bond motifs is 2. The number of anilines is 1. The van der Waals surface area contributed by atoms with Crippen molar-refractivity contribution in [1.29, 1.82) is 0 Å². The molecule has 2 aromatic carbocycles. The molecule has 3 aromatic rings. The van der Waals surface area contributed by atoms with E-state index in [1.165, 1.54) is 5.56 Å². The molecule has 0 radical (unpaired) electrons. The number of nitrogens with one attached hydrogen (secondary N) is 1. The summed E-state index contributed by atoms with van der Waals surface area (Å²) in [6.07, 6.45) is 3.45. The molecule has 0 saturated carbocycles. The molecule has 0 saturated heterocycles. The second-order valence-corrected chi connectivity index (χ2v) is 7.39. The lowest BCUT2D eigenvalue weighted by Gasteiger charge is -2.28. The lowest BCUT2D eigenvalue weighted by molar-refractivity contribution is 0.174. The van der Waals surface area contributed by atoms with Crippen LogP contribution in [0.15, 0.2) is 48.7 Å². The van der Waals surface area contributed by atoms with Gasteiger partial charge in [-0.3, -0.25) is 0 Å². The SMILES string of the molecule is CCc1cccc(NC(=O)N2CCc3nc(-c4ccc5c(c4)OCO5)ncc3C2)c1. The Bertz CT molecular complexity index is 1120. The minimum absolute atomic E-state index is 0.103. The van der Waals surface area contributed by atoms with Gasteiger partial charge in [0.2, 0.25) is 6.79 Å². The maximum absolute atomic E-state index is 12.7. The Hall–Kier alpha value is -3.61. The number of hydrogen-bond acceptors (Lipinski definition) is 5. The molecule has 30 heavy (non-hydrogen) atoms. The quantitative estimate of drug-likeness (QED) is 0.716. The van der Waals surface area contributed by atoms with Gasteiger partial charge in [-0.05, 0) is 42.3 Å². The van der Waals surface area contributed by atoms with Gasteiger partial charge >= 0.3 is 6.03 Å². The summed E-state index contributed by atoms with van der Waals surface area (Å²) in [5.74, 6) is 2.10. The molecule has 0 fully saturated rings. The molecule has 2 aliphatic heterocycles. The van der Waals surface area contributed by atoms with Crippen molar-refractivity contribution in [3.8, 4) is 22.9 Å². The van der Waals surface area contributed by atoms with Crippen LogP contribution in [0, 0.1) is 0 Å². The summed E-state index contributed by atoms with van der Waals surface area (Å²) in [7, 11) is 0. The van der Waals surface area contributed by atoms with Crippen LogP contribution >= 0.6 is 0 Å². The smallest absolute Gasteiger partial charge is 0.322 e. The minimum Gasteiger partial charge on any atom is -0.454 e. The zero-order chi connectivity index (χ0) is 20.5. The van der Waals surface area contributed by atoms with Crippen LogP contribution in [0.5, 0.6) is 11.5 Å². The van der Waals surface area contributed by atoms with Crippen LogP contribution in [-0.4, -0.2) is 34.2 Å². The third-order valence-corrected chi connectivity index (χ3v) is 5.44. The molecule has 1 aromatic heterocycles. The number of aryl methyl sites for hydroxylation is 1. The van der Waals surface area contributed by atoms with Crippen LogP contribution in [0.4, 0.5) is 10.5 Å². The number of hydrogen-bond donors (Lipinski definition) is 1. The molecular weight excluding hydrogens is 380 g/mol. The van der Waals surface area contributed by atoms with E-state index in [1.807, 2.05) is 42.6 Å². The largest absolute Gasteiger partial charge is 0.454 e. The van der Waals surface area contributed by atoms with Crippen molar-refractivity contribution >= 4 is 11.7 Å². The Kier molecular flexibility index (Phi) is 4.71. The van der Waals surface area contributed by atoms with Crippen molar-refractivity contribution in [2.24, 2.45) is 0 Å². The van der Waals surface area contributed by atoms with Crippen LogP contribution in [0.2, 0.25) is 0 Å². The highest BCUT2D eigenvalue weighted by atomic mass is 16.7. The summed E-state index contributed by atoms with van der Waals surface area (Å²) in [4.78, 5) is 23.8. The van der Waals surface area contributed by atoms with Gasteiger partial charge in [0.05, 0.1) is 12.2 Å². The second-order valence-electron chi connectivity index (χ2n) is 7.39. The molecule has 152 valence electrons. The second kappa shape index (κ2) is 7.67. The normalized spacial score (nSPS) is 14.4. The average Bonchev–Trinajstić information content (AvgIpc) is 3.26. The van der Waals surface area contributed by atoms with E-state index in [4.69, 9.17) is 14.5 Å². The predicted octanol–water partition coefficient (Wildman–Crippen LogP) is 4.02. The van der Waals surface area contributed by atoms with Crippen LogP contribution in [0.25, 0.3) is 11.4 Å². The van der Waals surface area contributed by atoms with E-state index in [0.29, 0.717) is 31.1 Å². The maximum Gasteiger partial charge on any atom is 0.322 e. The van der Waals surface area contributed by atoms with Crippen molar-refractivity contribution < 1.29 is 14.3 Å². The van der Waals surface area contributed by atoms with E-state index in [0.717, 1.165) is 34.7 Å². The van der Waals surface area contributed by atoms with Crippen molar-refractivity contribution in [2.75, 3.05) is 18.7 Å². The Morgan fingerprint density at radius 3 is 2.97 bits per heavy atom. The lowest BCUT2D eigenvalue weighted by Crippen LogP contribution is -2.39. The van der Waals surface area contributed by atoms with E-state index in [-0.39, 0.29) is 12.8 Å². The van der Waals surface area contributed by atoms with Gasteiger partial charge in [0.1, 0.15) is 0 Å². The van der Waals surface area contributed by atoms with Gasteiger partial charge in [-0.25, -0.2) is 14.8 Å². The average molecular weight is 402 g/mol. The third-order valence-electron chi connectivity index (χ3n) is 5.44. The number of benzene rings is 2. The Balaban J connectivity index is 1.30. The Labute approximate surface area is 174 Å². The molecule has 3 heterocycles. The molecule has 0 aliphatic carbocycles. The fourth-order valence-corrected chi connectivity index (χ4v) is 3.74. The zero-order valence-electron chi connectivity index (χ0n) is 16.7. The van der Waals surface area contributed by atoms with E-state index < -0.39 is 0 Å². The number of amides is 2. The number of aromatic nitrogens is 2. The fraction of sp³-hybridized carbons (Fsp3) is 0.261. The van der Waals surface area contributed by atoms with Crippen molar-refractivity contribution in [2.45, 2.75) is 26.3 Å². The summed E-state index contributed by atoms with van der Waals surface area (Å²) < 4.78 is 10.8. The Morgan fingerprint density at radius 2 is 2.07 bits per heavy atom. The van der Waals surface area contributed by atoms with Crippen LogP contribution in [-0.2, 0) is 19.4 Å².